The molecule has 1 aromatic heterocycles. The summed E-state index contributed by atoms with van der Waals surface area (Å²) >= 11 is 1.78. The van der Waals surface area contributed by atoms with E-state index in [1.165, 1.54) is 17.6 Å². The SMILES string of the molecule is COC(=O)C1CCC(NC(=O)N[C@H]2CCCc3sccc32)CC1. The molecule has 0 radical (unpaired) electrons. The van der Waals surface area contributed by atoms with Crippen molar-refractivity contribution in [1.82, 2.24) is 10.6 Å². The van der Waals surface area contributed by atoms with Crippen LogP contribution >= 0.6 is 11.3 Å². The van der Waals surface area contributed by atoms with Gasteiger partial charge in [0, 0.05) is 10.9 Å². The molecule has 3 rings (SSSR count). The van der Waals surface area contributed by atoms with Gasteiger partial charge in [-0.2, -0.15) is 0 Å². The van der Waals surface area contributed by atoms with Crippen LogP contribution in [-0.4, -0.2) is 25.2 Å². The number of aryl methyl sites for hydroxylation is 1. The minimum atomic E-state index is -0.125. The molecule has 2 aliphatic carbocycles. The smallest absolute Gasteiger partial charge is 0.315 e. The quantitative estimate of drug-likeness (QED) is 0.833. The molecule has 0 unspecified atom stereocenters. The minimum Gasteiger partial charge on any atom is -0.469 e. The lowest BCUT2D eigenvalue weighted by atomic mass is 9.86. The number of urea groups is 1. The zero-order valence-corrected chi connectivity index (χ0v) is 14.3. The van der Waals surface area contributed by atoms with Gasteiger partial charge in [-0.3, -0.25) is 4.79 Å². The molecule has 1 atom stereocenters. The van der Waals surface area contributed by atoms with E-state index < -0.39 is 0 Å². The highest BCUT2D eigenvalue weighted by molar-refractivity contribution is 7.10. The van der Waals surface area contributed by atoms with Crippen LogP contribution in [0.25, 0.3) is 0 Å². The Labute approximate surface area is 140 Å². The number of ether oxygens (including phenoxy) is 1. The Bertz CT molecular complexity index is 564. The second kappa shape index (κ2) is 7.34. The Morgan fingerprint density at radius 3 is 2.70 bits per heavy atom. The van der Waals surface area contributed by atoms with Crippen molar-refractivity contribution in [3.05, 3.63) is 21.9 Å². The van der Waals surface area contributed by atoms with Crippen LogP contribution in [0, 0.1) is 5.92 Å². The maximum absolute atomic E-state index is 12.3. The zero-order chi connectivity index (χ0) is 16.2. The second-order valence-corrected chi connectivity index (χ2v) is 7.43. The predicted molar refractivity (Wildman–Crippen MR) is 89.4 cm³/mol. The van der Waals surface area contributed by atoms with Gasteiger partial charge in [0.05, 0.1) is 19.1 Å². The van der Waals surface area contributed by atoms with Gasteiger partial charge in [0.25, 0.3) is 0 Å². The topological polar surface area (TPSA) is 67.4 Å². The van der Waals surface area contributed by atoms with Gasteiger partial charge in [-0.25, -0.2) is 4.79 Å². The molecule has 0 bridgehead atoms. The van der Waals surface area contributed by atoms with Crippen molar-refractivity contribution < 1.29 is 14.3 Å². The fraction of sp³-hybridized carbons (Fsp3) is 0.647. The molecule has 1 heterocycles. The van der Waals surface area contributed by atoms with E-state index in [0.717, 1.165) is 44.9 Å². The fourth-order valence-electron chi connectivity index (χ4n) is 3.66. The number of carbonyl (C=O) groups excluding carboxylic acids is 2. The first-order chi connectivity index (χ1) is 11.2. The van der Waals surface area contributed by atoms with Crippen LogP contribution in [0.1, 0.15) is 55.0 Å². The molecule has 23 heavy (non-hydrogen) atoms. The van der Waals surface area contributed by atoms with Crippen LogP contribution in [0.5, 0.6) is 0 Å². The number of fused-ring (bicyclic) bond motifs is 1. The molecule has 2 amide bonds. The number of hydrogen-bond acceptors (Lipinski definition) is 4. The van der Waals surface area contributed by atoms with E-state index in [9.17, 15) is 9.59 Å². The maximum Gasteiger partial charge on any atom is 0.315 e. The molecule has 1 aromatic rings. The summed E-state index contributed by atoms with van der Waals surface area (Å²) in [6, 6.07) is 2.33. The molecule has 5 nitrogen and oxygen atoms in total. The van der Waals surface area contributed by atoms with Gasteiger partial charge < -0.3 is 15.4 Å². The van der Waals surface area contributed by atoms with Crippen LogP contribution in [0.2, 0.25) is 0 Å². The van der Waals surface area contributed by atoms with Crippen LogP contribution in [0.3, 0.4) is 0 Å². The van der Waals surface area contributed by atoms with Crippen molar-refractivity contribution in [2.45, 2.75) is 57.0 Å². The number of esters is 1. The average molecular weight is 336 g/mol. The van der Waals surface area contributed by atoms with Crippen molar-refractivity contribution in [1.29, 1.82) is 0 Å². The third-order valence-electron chi connectivity index (χ3n) is 4.95. The summed E-state index contributed by atoms with van der Waals surface area (Å²) in [5.41, 5.74) is 1.28. The highest BCUT2D eigenvalue weighted by Gasteiger charge is 2.28. The number of hydrogen-bond donors (Lipinski definition) is 2. The highest BCUT2D eigenvalue weighted by atomic mass is 32.1. The van der Waals surface area contributed by atoms with E-state index in [-0.39, 0.29) is 30.0 Å². The number of carbonyl (C=O) groups is 2. The molecule has 1 saturated carbocycles. The lowest BCUT2D eigenvalue weighted by Crippen LogP contribution is -2.45. The van der Waals surface area contributed by atoms with Gasteiger partial charge in [0.1, 0.15) is 0 Å². The summed E-state index contributed by atoms with van der Waals surface area (Å²) < 4.78 is 4.79. The minimum absolute atomic E-state index is 0.00665. The monoisotopic (exact) mass is 336 g/mol. The molecule has 126 valence electrons. The Hall–Kier alpha value is -1.56. The van der Waals surface area contributed by atoms with Crippen molar-refractivity contribution in [3.63, 3.8) is 0 Å². The highest BCUT2D eigenvalue weighted by Crippen LogP contribution is 2.33. The molecule has 0 spiro atoms. The molecule has 0 aromatic carbocycles. The lowest BCUT2D eigenvalue weighted by molar-refractivity contribution is -0.146. The normalized spacial score (nSPS) is 26.9. The Balaban J connectivity index is 1.47. The second-order valence-electron chi connectivity index (χ2n) is 6.43. The number of nitrogens with one attached hydrogen (secondary N) is 2. The summed E-state index contributed by atoms with van der Waals surface area (Å²) in [5, 5.41) is 8.29. The lowest BCUT2D eigenvalue weighted by Gasteiger charge is -2.29. The molecule has 2 N–H and O–H groups in total. The first-order valence-corrected chi connectivity index (χ1v) is 9.26. The number of amides is 2. The van der Waals surface area contributed by atoms with E-state index in [1.807, 2.05) is 0 Å². The van der Waals surface area contributed by atoms with Crippen LogP contribution in [0.4, 0.5) is 4.79 Å². The maximum atomic E-state index is 12.3. The van der Waals surface area contributed by atoms with Gasteiger partial charge in [0.15, 0.2) is 0 Å². The molecule has 1 fully saturated rings. The standard InChI is InChI=1S/C17H24N2O3S/c1-22-16(20)11-5-7-12(8-6-11)18-17(21)19-14-3-2-4-15-13(14)9-10-23-15/h9-12,14H,2-8H2,1H3,(H2,18,19,21)/t11?,12?,14-/m0/s1. The largest absolute Gasteiger partial charge is 0.469 e. The van der Waals surface area contributed by atoms with Gasteiger partial charge in [0.2, 0.25) is 0 Å². The van der Waals surface area contributed by atoms with Crippen molar-refractivity contribution >= 4 is 23.3 Å². The molecular formula is C17H24N2O3S. The Morgan fingerprint density at radius 2 is 1.96 bits per heavy atom. The van der Waals surface area contributed by atoms with E-state index in [0.29, 0.717) is 0 Å². The summed E-state index contributed by atoms with van der Waals surface area (Å²) in [6.07, 6.45) is 6.51. The molecule has 0 aliphatic heterocycles. The van der Waals surface area contributed by atoms with E-state index in [4.69, 9.17) is 4.74 Å². The number of rotatable bonds is 3. The van der Waals surface area contributed by atoms with Crippen LogP contribution < -0.4 is 10.6 Å². The molecular weight excluding hydrogens is 312 g/mol. The summed E-state index contributed by atoms with van der Waals surface area (Å²) in [6.45, 7) is 0. The van der Waals surface area contributed by atoms with Gasteiger partial charge in [-0.1, -0.05) is 0 Å². The van der Waals surface area contributed by atoms with Crippen LogP contribution in [0.15, 0.2) is 11.4 Å². The Kier molecular flexibility index (Phi) is 5.20. The fourth-order valence-corrected chi connectivity index (χ4v) is 4.65. The summed E-state index contributed by atoms with van der Waals surface area (Å²) in [4.78, 5) is 25.2. The van der Waals surface area contributed by atoms with Crippen molar-refractivity contribution in [2.24, 2.45) is 5.92 Å². The Morgan fingerprint density at radius 1 is 1.17 bits per heavy atom. The molecule has 2 aliphatic rings. The van der Waals surface area contributed by atoms with Crippen molar-refractivity contribution in [3.8, 4) is 0 Å². The van der Waals surface area contributed by atoms with Gasteiger partial charge in [-0.05, 0) is 62.0 Å². The van der Waals surface area contributed by atoms with Gasteiger partial charge in [-0.15, -0.1) is 11.3 Å². The third-order valence-corrected chi connectivity index (χ3v) is 5.95. The average Bonchev–Trinajstić information content (AvgIpc) is 3.04. The van der Waals surface area contributed by atoms with Gasteiger partial charge >= 0.3 is 12.0 Å². The summed E-state index contributed by atoms with van der Waals surface area (Å²) in [7, 11) is 1.43. The summed E-state index contributed by atoms with van der Waals surface area (Å²) in [5.74, 6) is -0.132. The first kappa shape index (κ1) is 16.3. The number of methoxy groups -OCH3 is 1. The predicted octanol–water partition coefficient (Wildman–Crippen LogP) is 3.16. The van der Waals surface area contributed by atoms with E-state index in [2.05, 4.69) is 22.1 Å². The van der Waals surface area contributed by atoms with Crippen molar-refractivity contribution in [2.75, 3.05) is 7.11 Å². The first-order valence-electron chi connectivity index (χ1n) is 8.38. The van der Waals surface area contributed by atoms with E-state index in [1.54, 1.807) is 11.3 Å². The zero-order valence-electron chi connectivity index (χ0n) is 13.5. The van der Waals surface area contributed by atoms with E-state index >= 15 is 0 Å². The third kappa shape index (κ3) is 3.86. The van der Waals surface area contributed by atoms with Crippen LogP contribution in [-0.2, 0) is 16.0 Å². The molecule has 0 saturated heterocycles. The number of thiophene rings is 1. The molecule has 6 heteroatoms.